The van der Waals surface area contributed by atoms with Crippen molar-refractivity contribution in [1.29, 1.82) is 0 Å². The molecule has 0 fully saturated rings. The van der Waals surface area contributed by atoms with Gasteiger partial charge in [0.1, 0.15) is 0 Å². The summed E-state index contributed by atoms with van der Waals surface area (Å²) in [5.41, 5.74) is 0.466. The van der Waals surface area contributed by atoms with Crippen molar-refractivity contribution in [3.8, 4) is 0 Å². The smallest absolute Gasteiger partial charge is 0.335 e. The molecule has 0 aliphatic heterocycles. The number of nitrogens with zero attached hydrogens (tertiary/aromatic N) is 1. The van der Waals surface area contributed by atoms with E-state index in [1.54, 1.807) is 13.1 Å². The van der Waals surface area contributed by atoms with Gasteiger partial charge < -0.3 is 9.67 Å². The maximum Gasteiger partial charge on any atom is 0.335 e. The van der Waals surface area contributed by atoms with Crippen LogP contribution < -0.4 is 5.56 Å². The van der Waals surface area contributed by atoms with Gasteiger partial charge in [-0.05, 0) is 18.2 Å². The fraction of sp³-hybridized carbons (Fsp3) is 0.0909. The molecule has 1 N–H and O–H groups in total. The lowest BCUT2D eigenvalue weighted by Gasteiger charge is -2.07. The molecule has 0 radical (unpaired) electrons. The Labute approximate surface area is 95.7 Å². The fourth-order valence-electron chi connectivity index (χ4n) is 1.61. The molecule has 4 nitrogen and oxygen atoms in total. The van der Waals surface area contributed by atoms with Crippen LogP contribution >= 0.6 is 11.6 Å². The highest BCUT2D eigenvalue weighted by Gasteiger charge is 2.10. The zero-order chi connectivity index (χ0) is 11.9. The first kappa shape index (κ1) is 10.7. The largest absolute Gasteiger partial charge is 0.478 e. The lowest BCUT2D eigenvalue weighted by atomic mass is 10.1. The number of carboxylic acid groups (broad SMARTS) is 1. The molecule has 1 heterocycles. The summed E-state index contributed by atoms with van der Waals surface area (Å²) in [6, 6.07) is 5.77. The van der Waals surface area contributed by atoms with Gasteiger partial charge in [-0.1, -0.05) is 11.6 Å². The van der Waals surface area contributed by atoms with Gasteiger partial charge in [-0.2, -0.15) is 0 Å². The highest BCUT2D eigenvalue weighted by atomic mass is 35.5. The Hall–Kier alpha value is -1.81. The first-order chi connectivity index (χ1) is 7.50. The summed E-state index contributed by atoms with van der Waals surface area (Å²) >= 11 is 5.96. The summed E-state index contributed by atoms with van der Waals surface area (Å²) in [5, 5.41) is 9.76. The number of pyridine rings is 1. The predicted octanol–water partition coefficient (Wildman–Crippen LogP) is 1.89. The molecule has 82 valence electrons. The Morgan fingerprint density at radius 2 is 2.06 bits per heavy atom. The van der Waals surface area contributed by atoms with Crippen LogP contribution in [-0.4, -0.2) is 15.6 Å². The van der Waals surface area contributed by atoms with E-state index in [9.17, 15) is 9.59 Å². The molecule has 0 unspecified atom stereocenters. The fourth-order valence-corrected chi connectivity index (χ4v) is 1.96. The van der Waals surface area contributed by atoms with Crippen LogP contribution in [-0.2, 0) is 7.05 Å². The van der Waals surface area contributed by atoms with Crippen molar-refractivity contribution in [2.75, 3.05) is 0 Å². The van der Waals surface area contributed by atoms with Crippen molar-refractivity contribution < 1.29 is 9.90 Å². The number of fused-ring (bicyclic) bond motifs is 1. The maximum absolute atomic E-state index is 11.4. The van der Waals surface area contributed by atoms with Crippen LogP contribution in [0.5, 0.6) is 0 Å². The van der Waals surface area contributed by atoms with Gasteiger partial charge in [-0.3, -0.25) is 4.79 Å². The molecular weight excluding hydrogens is 230 g/mol. The van der Waals surface area contributed by atoms with E-state index in [2.05, 4.69) is 0 Å². The number of aromatic carboxylic acids is 1. The molecule has 0 spiro atoms. The van der Waals surface area contributed by atoms with E-state index < -0.39 is 5.97 Å². The van der Waals surface area contributed by atoms with Gasteiger partial charge in [0.05, 0.1) is 16.1 Å². The molecule has 2 rings (SSSR count). The Bertz CT molecular complexity index is 645. The van der Waals surface area contributed by atoms with Crippen LogP contribution in [0.25, 0.3) is 10.9 Å². The van der Waals surface area contributed by atoms with Crippen molar-refractivity contribution in [3.63, 3.8) is 0 Å². The molecule has 0 aliphatic rings. The number of halogens is 1. The van der Waals surface area contributed by atoms with E-state index in [1.807, 2.05) is 0 Å². The number of carboxylic acids is 1. The van der Waals surface area contributed by atoms with E-state index in [4.69, 9.17) is 16.7 Å². The minimum atomic E-state index is -1.04. The van der Waals surface area contributed by atoms with Crippen LogP contribution in [0.2, 0.25) is 5.02 Å². The lowest BCUT2D eigenvalue weighted by molar-refractivity contribution is 0.0697. The van der Waals surface area contributed by atoms with E-state index >= 15 is 0 Å². The normalized spacial score (nSPS) is 10.6. The number of hydrogen-bond donors (Lipinski definition) is 1. The SMILES string of the molecule is Cn1c(=O)ccc2cc(C(=O)O)cc(Cl)c21. The molecule has 0 atom stereocenters. The van der Waals surface area contributed by atoms with Crippen molar-refractivity contribution in [1.82, 2.24) is 4.57 Å². The third kappa shape index (κ3) is 1.57. The van der Waals surface area contributed by atoms with E-state index in [1.165, 1.54) is 22.8 Å². The van der Waals surface area contributed by atoms with Crippen LogP contribution in [0, 0.1) is 0 Å². The third-order valence-corrected chi connectivity index (χ3v) is 2.70. The molecule has 16 heavy (non-hydrogen) atoms. The molecule has 5 heteroatoms. The summed E-state index contributed by atoms with van der Waals surface area (Å²) in [5.74, 6) is -1.04. The van der Waals surface area contributed by atoms with Gasteiger partial charge in [-0.15, -0.1) is 0 Å². The van der Waals surface area contributed by atoms with Crippen molar-refractivity contribution in [2.24, 2.45) is 7.05 Å². The number of benzene rings is 1. The summed E-state index contributed by atoms with van der Waals surface area (Å²) in [4.78, 5) is 22.2. The lowest BCUT2D eigenvalue weighted by Crippen LogP contribution is -2.15. The van der Waals surface area contributed by atoms with Crippen LogP contribution in [0.1, 0.15) is 10.4 Å². The summed E-state index contributed by atoms with van der Waals surface area (Å²) in [6.07, 6.45) is 0. The van der Waals surface area contributed by atoms with E-state index in [0.717, 1.165) is 0 Å². The highest BCUT2D eigenvalue weighted by molar-refractivity contribution is 6.35. The zero-order valence-electron chi connectivity index (χ0n) is 8.40. The minimum Gasteiger partial charge on any atom is -0.478 e. The highest BCUT2D eigenvalue weighted by Crippen LogP contribution is 2.23. The number of rotatable bonds is 1. The molecule has 1 aromatic heterocycles. The van der Waals surface area contributed by atoms with Gasteiger partial charge >= 0.3 is 5.97 Å². The van der Waals surface area contributed by atoms with Gasteiger partial charge in [0.25, 0.3) is 5.56 Å². The summed E-state index contributed by atoms with van der Waals surface area (Å²) in [6.45, 7) is 0. The zero-order valence-corrected chi connectivity index (χ0v) is 9.15. The van der Waals surface area contributed by atoms with Crippen molar-refractivity contribution >= 4 is 28.5 Å². The van der Waals surface area contributed by atoms with Gasteiger partial charge in [0.15, 0.2) is 0 Å². The van der Waals surface area contributed by atoms with Crippen LogP contribution in [0.4, 0.5) is 0 Å². The second-order valence-corrected chi connectivity index (χ2v) is 3.84. The predicted molar refractivity (Wildman–Crippen MR) is 61.2 cm³/mol. The number of aromatic nitrogens is 1. The van der Waals surface area contributed by atoms with Crippen molar-refractivity contribution in [2.45, 2.75) is 0 Å². The molecular formula is C11H8ClNO3. The number of aryl methyl sites for hydroxylation is 1. The summed E-state index contributed by atoms with van der Waals surface area (Å²) in [7, 11) is 1.59. The Morgan fingerprint density at radius 1 is 1.38 bits per heavy atom. The molecule has 0 bridgehead atoms. The van der Waals surface area contributed by atoms with Gasteiger partial charge in [0.2, 0.25) is 0 Å². The van der Waals surface area contributed by atoms with E-state index in [-0.39, 0.29) is 16.1 Å². The Kier molecular flexibility index (Phi) is 2.44. The standard InChI is InChI=1S/C11H8ClNO3/c1-13-9(14)3-2-6-4-7(11(15)16)5-8(12)10(6)13/h2-5H,1H3,(H,15,16). The van der Waals surface area contributed by atoms with Crippen LogP contribution in [0.15, 0.2) is 29.1 Å². The molecule has 2 aromatic rings. The average Bonchev–Trinajstić information content (AvgIpc) is 2.22. The summed E-state index contributed by atoms with van der Waals surface area (Å²) < 4.78 is 1.39. The molecule has 0 aliphatic carbocycles. The second kappa shape index (κ2) is 3.64. The third-order valence-electron chi connectivity index (χ3n) is 2.41. The molecule has 0 saturated carbocycles. The monoisotopic (exact) mass is 237 g/mol. The Balaban J connectivity index is 2.92. The molecule has 0 amide bonds. The van der Waals surface area contributed by atoms with Crippen LogP contribution in [0.3, 0.4) is 0 Å². The van der Waals surface area contributed by atoms with Crippen molar-refractivity contribution in [3.05, 3.63) is 45.2 Å². The van der Waals surface area contributed by atoms with Gasteiger partial charge in [-0.25, -0.2) is 4.79 Å². The maximum atomic E-state index is 11.4. The minimum absolute atomic E-state index is 0.108. The quantitative estimate of drug-likeness (QED) is 0.824. The topological polar surface area (TPSA) is 59.3 Å². The van der Waals surface area contributed by atoms with Gasteiger partial charge in [0, 0.05) is 18.5 Å². The first-order valence-corrected chi connectivity index (χ1v) is 4.91. The molecule has 0 saturated heterocycles. The molecule has 1 aromatic carbocycles. The van der Waals surface area contributed by atoms with E-state index in [0.29, 0.717) is 10.9 Å². The Morgan fingerprint density at radius 3 is 2.69 bits per heavy atom. The second-order valence-electron chi connectivity index (χ2n) is 3.43. The first-order valence-electron chi connectivity index (χ1n) is 4.53. The average molecular weight is 238 g/mol. The number of hydrogen-bond acceptors (Lipinski definition) is 2. The number of carbonyl (C=O) groups is 1.